The Labute approximate surface area is 138 Å². The fourth-order valence-electron chi connectivity index (χ4n) is 2.27. The number of aryl methyl sites for hydroxylation is 1. The molecule has 0 unspecified atom stereocenters. The van der Waals surface area contributed by atoms with Crippen LogP contribution in [0.1, 0.15) is 16.1 Å². The molecular weight excluding hydrogens is 312 g/mol. The zero-order chi connectivity index (χ0) is 16.2. The van der Waals surface area contributed by atoms with E-state index < -0.39 is 0 Å². The van der Waals surface area contributed by atoms with E-state index in [-0.39, 0.29) is 5.91 Å². The van der Waals surface area contributed by atoms with Crippen LogP contribution >= 0.6 is 11.6 Å². The molecule has 2 aromatic heterocycles. The molecule has 0 radical (unpaired) electrons. The summed E-state index contributed by atoms with van der Waals surface area (Å²) in [5.41, 5.74) is 3.04. The van der Waals surface area contributed by atoms with E-state index in [9.17, 15) is 4.79 Å². The van der Waals surface area contributed by atoms with Gasteiger partial charge < -0.3 is 5.32 Å². The van der Waals surface area contributed by atoms with Crippen LogP contribution in [0.2, 0.25) is 5.02 Å². The second kappa shape index (κ2) is 6.62. The molecule has 1 aromatic carbocycles. The van der Waals surface area contributed by atoms with Crippen molar-refractivity contribution in [3.05, 3.63) is 71.0 Å². The molecule has 0 aliphatic carbocycles. The predicted molar refractivity (Wildman–Crippen MR) is 89.1 cm³/mol. The monoisotopic (exact) mass is 326 g/mol. The number of benzene rings is 1. The molecular formula is C17H15ClN4O. The van der Waals surface area contributed by atoms with E-state index in [1.807, 2.05) is 31.3 Å². The van der Waals surface area contributed by atoms with Crippen molar-refractivity contribution in [1.29, 1.82) is 0 Å². The van der Waals surface area contributed by atoms with E-state index in [4.69, 9.17) is 11.6 Å². The first-order valence-corrected chi connectivity index (χ1v) is 7.49. The summed E-state index contributed by atoms with van der Waals surface area (Å²) in [5, 5.41) is 7.78. The third kappa shape index (κ3) is 3.57. The van der Waals surface area contributed by atoms with Gasteiger partial charge in [0.25, 0.3) is 5.91 Å². The molecule has 5 nitrogen and oxygen atoms in total. The van der Waals surface area contributed by atoms with Crippen LogP contribution in [0, 0.1) is 0 Å². The topological polar surface area (TPSA) is 59.8 Å². The van der Waals surface area contributed by atoms with Gasteiger partial charge in [-0.2, -0.15) is 5.10 Å². The lowest BCUT2D eigenvalue weighted by atomic mass is 10.2. The molecule has 0 saturated heterocycles. The molecule has 1 N–H and O–H groups in total. The summed E-state index contributed by atoms with van der Waals surface area (Å²) in [5.74, 6) is -0.183. The van der Waals surface area contributed by atoms with Crippen LogP contribution in [0.25, 0.3) is 11.4 Å². The number of pyridine rings is 1. The summed E-state index contributed by atoms with van der Waals surface area (Å²) < 4.78 is 1.75. The number of hydrogen-bond acceptors (Lipinski definition) is 3. The standard InChI is InChI=1S/C17H15ClN4O/c1-22-16(15-7-2-3-8-19-15)10-14(21-22)11-20-17(23)12-5-4-6-13(18)9-12/h2-10H,11H2,1H3,(H,20,23). The Morgan fingerprint density at radius 2 is 2.09 bits per heavy atom. The first-order valence-electron chi connectivity index (χ1n) is 7.11. The number of aromatic nitrogens is 3. The molecule has 0 bridgehead atoms. The largest absolute Gasteiger partial charge is 0.346 e. The van der Waals surface area contributed by atoms with Crippen LogP contribution in [-0.4, -0.2) is 20.7 Å². The van der Waals surface area contributed by atoms with Crippen molar-refractivity contribution in [3.8, 4) is 11.4 Å². The average molecular weight is 327 g/mol. The molecule has 116 valence electrons. The normalized spacial score (nSPS) is 10.5. The van der Waals surface area contributed by atoms with E-state index in [1.165, 1.54) is 0 Å². The molecule has 6 heteroatoms. The highest BCUT2D eigenvalue weighted by atomic mass is 35.5. The van der Waals surface area contributed by atoms with E-state index in [2.05, 4.69) is 15.4 Å². The Hall–Kier alpha value is -2.66. The molecule has 3 rings (SSSR count). The molecule has 0 aliphatic heterocycles. The van der Waals surface area contributed by atoms with Gasteiger partial charge in [0.2, 0.25) is 0 Å². The van der Waals surface area contributed by atoms with Crippen molar-refractivity contribution in [1.82, 2.24) is 20.1 Å². The number of hydrogen-bond donors (Lipinski definition) is 1. The molecule has 0 fully saturated rings. The summed E-state index contributed by atoms with van der Waals surface area (Å²) in [6.45, 7) is 0.339. The molecule has 0 saturated carbocycles. The molecule has 2 heterocycles. The van der Waals surface area contributed by atoms with Gasteiger partial charge >= 0.3 is 0 Å². The molecule has 23 heavy (non-hydrogen) atoms. The summed E-state index contributed by atoms with van der Waals surface area (Å²) >= 11 is 5.90. The Balaban J connectivity index is 1.71. The molecule has 0 aliphatic rings. The number of carbonyl (C=O) groups is 1. The highest BCUT2D eigenvalue weighted by molar-refractivity contribution is 6.30. The van der Waals surface area contributed by atoms with Crippen molar-refractivity contribution < 1.29 is 4.79 Å². The summed E-state index contributed by atoms with van der Waals surface area (Å²) in [6.07, 6.45) is 1.74. The summed E-state index contributed by atoms with van der Waals surface area (Å²) in [7, 11) is 1.85. The third-order valence-electron chi connectivity index (χ3n) is 3.37. The van der Waals surface area contributed by atoms with Gasteiger partial charge in [0.05, 0.1) is 23.6 Å². The van der Waals surface area contributed by atoms with E-state index in [0.717, 1.165) is 17.1 Å². The molecule has 0 spiro atoms. The maximum absolute atomic E-state index is 12.1. The second-order valence-corrected chi connectivity index (χ2v) is 5.49. The van der Waals surface area contributed by atoms with Gasteiger partial charge in [-0.1, -0.05) is 23.7 Å². The molecule has 0 atom stereocenters. The smallest absolute Gasteiger partial charge is 0.251 e. The summed E-state index contributed by atoms with van der Waals surface area (Å²) in [4.78, 5) is 16.4. The zero-order valence-electron chi connectivity index (χ0n) is 12.5. The van der Waals surface area contributed by atoms with Crippen molar-refractivity contribution in [2.24, 2.45) is 7.05 Å². The Kier molecular flexibility index (Phi) is 4.39. The van der Waals surface area contributed by atoms with Gasteiger partial charge in [-0.3, -0.25) is 14.5 Å². The van der Waals surface area contributed by atoms with E-state index in [0.29, 0.717) is 17.1 Å². The van der Waals surface area contributed by atoms with Crippen LogP contribution in [0.4, 0.5) is 0 Å². The van der Waals surface area contributed by atoms with Crippen LogP contribution in [0.15, 0.2) is 54.7 Å². The number of amides is 1. The van der Waals surface area contributed by atoms with Gasteiger partial charge in [-0.05, 0) is 36.4 Å². The minimum Gasteiger partial charge on any atom is -0.346 e. The molecule has 3 aromatic rings. The minimum absolute atomic E-state index is 0.183. The van der Waals surface area contributed by atoms with Crippen molar-refractivity contribution in [3.63, 3.8) is 0 Å². The van der Waals surface area contributed by atoms with Gasteiger partial charge in [0.15, 0.2) is 0 Å². The first kappa shape index (κ1) is 15.2. The van der Waals surface area contributed by atoms with Crippen LogP contribution < -0.4 is 5.32 Å². The quantitative estimate of drug-likeness (QED) is 0.801. The Bertz CT molecular complexity index is 830. The summed E-state index contributed by atoms with van der Waals surface area (Å²) in [6, 6.07) is 14.5. The highest BCUT2D eigenvalue weighted by Gasteiger charge is 2.10. The number of carbonyl (C=O) groups excluding carboxylic acids is 1. The fraction of sp³-hybridized carbons (Fsp3) is 0.118. The SMILES string of the molecule is Cn1nc(CNC(=O)c2cccc(Cl)c2)cc1-c1ccccn1. The van der Waals surface area contributed by atoms with Crippen molar-refractivity contribution >= 4 is 17.5 Å². The number of halogens is 1. The molecule has 1 amide bonds. The van der Waals surface area contributed by atoms with Gasteiger partial charge in [0.1, 0.15) is 0 Å². The van der Waals surface area contributed by atoms with Crippen LogP contribution in [0.5, 0.6) is 0 Å². The van der Waals surface area contributed by atoms with Gasteiger partial charge in [0, 0.05) is 23.8 Å². The van der Waals surface area contributed by atoms with E-state index >= 15 is 0 Å². The predicted octanol–water partition coefficient (Wildman–Crippen LogP) is 3.07. The lowest BCUT2D eigenvalue weighted by Gasteiger charge is -2.03. The maximum atomic E-state index is 12.1. The number of nitrogens with one attached hydrogen (secondary N) is 1. The lowest BCUT2D eigenvalue weighted by molar-refractivity contribution is 0.0950. The van der Waals surface area contributed by atoms with Crippen LogP contribution in [-0.2, 0) is 13.6 Å². The third-order valence-corrected chi connectivity index (χ3v) is 3.61. The highest BCUT2D eigenvalue weighted by Crippen LogP contribution is 2.17. The lowest BCUT2D eigenvalue weighted by Crippen LogP contribution is -2.23. The van der Waals surface area contributed by atoms with E-state index in [1.54, 1.807) is 35.1 Å². The Morgan fingerprint density at radius 1 is 1.22 bits per heavy atom. The van der Waals surface area contributed by atoms with Gasteiger partial charge in [-0.15, -0.1) is 0 Å². The van der Waals surface area contributed by atoms with Gasteiger partial charge in [-0.25, -0.2) is 0 Å². The number of nitrogens with zero attached hydrogens (tertiary/aromatic N) is 3. The van der Waals surface area contributed by atoms with Crippen LogP contribution in [0.3, 0.4) is 0 Å². The average Bonchev–Trinajstić information content (AvgIpc) is 2.94. The Morgan fingerprint density at radius 3 is 2.83 bits per heavy atom. The zero-order valence-corrected chi connectivity index (χ0v) is 13.3. The van der Waals surface area contributed by atoms with Crippen molar-refractivity contribution in [2.75, 3.05) is 0 Å². The van der Waals surface area contributed by atoms with Crippen molar-refractivity contribution in [2.45, 2.75) is 6.54 Å². The first-order chi connectivity index (χ1) is 11.1. The fourth-order valence-corrected chi connectivity index (χ4v) is 2.46. The minimum atomic E-state index is -0.183. The maximum Gasteiger partial charge on any atom is 0.251 e. The second-order valence-electron chi connectivity index (χ2n) is 5.05. The number of rotatable bonds is 4.